The SMILES string of the molecule is CCOC(=O)[C@@](O)(c1ccc(N=Cc2ccccc2)c(C)c1)C(F)(F)F. The Morgan fingerprint density at radius 2 is 1.85 bits per heavy atom. The quantitative estimate of drug-likeness (QED) is 0.642. The van der Waals surface area contributed by atoms with Gasteiger partial charge in [-0.3, -0.25) is 4.99 Å². The molecule has 0 bridgehead atoms. The minimum Gasteiger partial charge on any atom is -0.463 e. The molecule has 0 aliphatic rings. The van der Waals surface area contributed by atoms with Crippen molar-refractivity contribution in [1.29, 1.82) is 0 Å². The Bertz CT molecular complexity index is 803. The second kappa shape index (κ2) is 7.70. The summed E-state index contributed by atoms with van der Waals surface area (Å²) in [6.07, 6.45) is -3.65. The number of aliphatic hydroxyl groups is 1. The van der Waals surface area contributed by atoms with E-state index in [4.69, 9.17) is 0 Å². The molecule has 26 heavy (non-hydrogen) atoms. The summed E-state index contributed by atoms with van der Waals surface area (Å²) in [4.78, 5) is 16.0. The van der Waals surface area contributed by atoms with Gasteiger partial charge in [0.05, 0.1) is 12.3 Å². The van der Waals surface area contributed by atoms with Crippen LogP contribution in [0.25, 0.3) is 0 Å². The van der Waals surface area contributed by atoms with Crippen LogP contribution in [0.15, 0.2) is 53.5 Å². The van der Waals surface area contributed by atoms with Crippen molar-refractivity contribution in [2.24, 2.45) is 4.99 Å². The van der Waals surface area contributed by atoms with Crippen molar-refractivity contribution in [3.8, 4) is 0 Å². The minimum atomic E-state index is -5.22. The zero-order valence-corrected chi connectivity index (χ0v) is 14.2. The van der Waals surface area contributed by atoms with E-state index >= 15 is 0 Å². The topological polar surface area (TPSA) is 58.9 Å². The third kappa shape index (κ3) is 3.94. The molecule has 0 aliphatic heterocycles. The molecule has 0 aromatic heterocycles. The number of aryl methyl sites for hydroxylation is 1. The van der Waals surface area contributed by atoms with Crippen molar-refractivity contribution < 1.29 is 27.8 Å². The van der Waals surface area contributed by atoms with Gasteiger partial charge in [-0.1, -0.05) is 42.5 Å². The van der Waals surface area contributed by atoms with Crippen molar-refractivity contribution >= 4 is 17.9 Å². The molecule has 0 spiro atoms. The largest absolute Gasteiger partial charge is 0.463 e. The summed E-state index contributed by atoms with van der Waals surface area (Å²) in [5, 5.41) is 10.1. The zero-order valence-electron chi connectivity index (χ0n) is 14.2. The number of hydrogen-bond donors (Lipinski definition) is 1. The predicted octanol–water partition coefficient (Wildman–Crippen LogP) is 4.06. The van der Waals surface area contributed by atoms with Gasteiger partial charge in [0, 0.05) is 11.8 Å². The smallest absolute Gasteiger partial charge is 0.432 e. The van der Waals surface area contributed by atoms with Crippen LogP contribution in [-0.4, -0.2) is 30.1 Å². The van der Waals surface area contributed by atoms with Gasteiger partial charge >= 0.3 is 12.1 Å². The van der Waals surface area contributed by atoms with Crippen molar-refractivity contribution in [1.82, 2.24) is 0 Å². The molecule has 0 amide bonds. The molecule has 0 saturated carbocycles. The van der Waals surface area contributed by atoms with Crippen LogP contribution < -0.4 is 0 Å². The highest BCUT2D eigenvalue weighted by Crippen LogP contribution is 2.41. The highest BCUT2D eigenvalue weighted by Gasteiger charge is 2.62. The molecule has 0 saturated heterocycles. The fourth-order valence-electron chi connectivity index (χ4n) is 2.34. The van der Waals surface area contributed by atoms with Gasteiger partial charge in [-0.15, -0.1) is 0 Å². The lowest BCUT2D eigenvalue weighted by atomic mass is 9.91. The van der Waals surface area contributed by atoms with E-state index in [-0.39, 0.29) is 6.61 Å². The first-order valence-electron chi connectivity index (χ1n) is 7.86. The second-order valence-corrected chi connectivity index (χ2v) is 5.60. The van der Waals surface area contributed by atoms with Crippen molar-refractivity contribution in [3.05, 3.63) is 65.2 Å². The Hall–Kier alpha value is -2.67. The normalized spacial score (nSPS) is 14.2. The number of benzene rings is 2. The zero-order chi connectivity index (χ0) is 19.4. The standard InChI is InChI=1S/C19H18F3NO3/c1-3-26-17(24)18(25,19(20,21)22)15-9-10-16(13(2)11-15)23-12-14-7-5-4-6-8-14/h4-12,25H,3H2,1-2H3/t18-/m0/s1. The highest BCUT2D eigenvalue weighted by molar-refractivity contribution is 5.84. The molecular formula is C19H18F3NO3. The van der Waals surface area contributed by atoms with Crippen LogP contribution in [0.1, 0.15) is 23.6 Å². The van der Waals surface area contributed by atoms with Crippen LogP contribution in [0.2, 0.25) is 0 Å². The molecule has 2 rings (SSSR count). The van der Waals surface area contributed by atoms with Gasteiger partial charge in [-0.05, 0) is 31.0 Å². The van der Waals surface area contributed by atoms with Crippen LogP contribution in [0.5, 0.6) is 0 Å². The molecule has 0 aliphatic carbocycles. The number of halogens is 3. The summed E-state index contributed by atoms with van der Waals surface area (Å²) in [5.41, 5.74) is -2.71. The van der Waals surface area contributed by atoms with Gasteiger partial charge in [0.2, 0.25) is 0 Å². The summed E-state index contributed by atoms with van der Waals surface area (Å²) < 4.78 is 44.6. The monoisotopic (exact) mass is 365 g/mol. The van der Waals surface area contributed by atoms with E-state index in [1.54, 1.807) is 13.1 Å². The lowest BCUT2D eigenvalue weighted by molar-refractivity contribution is -0.267. The Balaban J connectivity index is 2.40. The number of aliphatic imine (C=N–C) groups is 1. The lowest BCUT2D eigenvalue weighted by Gasteiger charge is -2.28. The summed E-state index contributed by atoms with van der Waals surface area (Å²) in [7, 11) is 0. The van der Waals surface area contributed by atoms with Gasteiger partial charge in [0.15, 0.2) is 0 Å². The van der Waals surface area contributed by atoms with E-state index in [1.165, 1.54) is 13.0 Å². The average Bonchev–Trinajstić information content (AvgIpc) is 2.60. The predicted molar refractivity (Wildman–Crippen MR) is 91.5 cm³/mol. The van der Waals surface area contributed by atoms with Crippen LogP contribution in [-0.2, 0) is 15.1 Å². The maximum atomic E-state index is 13.4. The summed E-state index contributed by atoms with van der Waals surface area (Å²) in [6.45, 7) is 2.63. The lowest BCUT2D eigenvalue weighted by Crippen LogP contribution is -2.50. The Kier molecular flexibility index (Phi) is 5.82. The van der Waals surface area contributed by atoms with Crippen molar-refractivity contribution in [2.75, 3.05) is 6.61 Å². The molecular weight excluding hydrogens is 347 g/mol. The van der Waals surface area contributed by atoms with Crippen LogP contribution in [0, 0.1) is 6.92 Å². The van der Waals surface area contributed by atoms with Crippen LogP contribution >= 0.6 is 0 Å². The highest BCUT2D eigenvalue weighted by atomic mass is 19.4. The summed E-state index contributed by atoms with van der Waals surface area (Å²) in [5.74, 6) is -1.76. The molecule has 0 heterocycles. The number of esters is 1. The van der Waals surface area contributed by atoms with E-state index < -0.39 is 23.3 Å². The third-order valence-electron chi connectivity index (χ3n) is 3.75. The number of ether oxygens (including phenoxy) is 1. The number of alkyl halides is 3. The van der Waals surface area contributed by atoms with E-state index in [0.29, 0.717) is 11.3 Å². The van der Waals surface area contributed by atoms with Gasteiger partial charge in [-0.25, -0.2) is 4.79 Å². The summed E-state index contributed by atoms with van der Waals surface area (Å²) in [6, 6.07) is 12.6. The van der Waals surface area contributed by atoms with E-state index in [9.17, 15) is 23.1 Å². The van der Waals surface area contributed by atoms with Gasteiger partial charge < -0.3 is 9.84 Å². The first kappa shape index (κ1) is 19.7. The van der Waals surface area contributed by atoms with E-state index in [2.05, 4.69) is 9.73 Å². The second-order valence-electron chi connectivity index (χ2n) is 5.60. The maximum absolute atomic E-state index is 13.4. The first-order valence-corrected chi connectivity index (χ1v) is 7.86. The number of rotatable bonds is 5. The molecule has 2 aromatic rings. The number of carbonyl (C=O) groups excluding carboxylic acids is 1. The maximum Gasteiger partial charge on any atom is 0.432 e. The van der Waals surface area contributed by atoms with Gasteiger partial charge in [-0.2, -0.15) is 13.2 Å². The molecule has 0 fully saturated rings. The Labute approximate surface area is 149 Å². The molecule has 1 N–H and O–H groups in total. The van der Waals surface area contributed by atoms with Crippen molar-refractivity contribution in [2.45, 2.75) is 25.6 Å². The number of nitrogens with zero attached hydrogens (tertiary/aromatic N) is 1. The van der Waals surface area contributed by atoms with Gasteiger partial charge in [0.25, 0.3) is 5.60 Å². The third-order valence-corrected chi connectivity index (χ3v) is 3.75. The van der Waals surface area contributed by atoms with Gasteiger partial charge in [0.1, 0.15) is 0 Å². The Morgan fingerprint density at radius 1 is 1.19 bits per heavy atom. The fraction of sp³-hybridized carbons (Fsp3) is 0.263. The molecule has 4 nitrogen and oxygen atoms in total. The van der Waals surface area contributed by atoms with Crippen LogP contribution in [0.4, 0.5) is 18.9 Å². The fourth-order valence-corrected chi connectivity index (χ4v) is 2.34. The molecule has 138 valence electrons. The number of carbonyl (C=O) groups is 1. The van der Waals surface area contributed by atoms with Crippen molar-refractivity contribution in [3.63, 3.8) is 0 Å². The molecule has 0 radical (unpaired) electrons. The molecule has 1 atom stereocenters. The van der Waals surface area contributed by atoms with E-state index in [1.807, 2.05) is 30.3 Å². The number of hydrogen-bond acceptors (Lipinski definition) is 4. The van der Waals surface area contributed by atoms with Crippen LogP contribution in [0.3, 0.4) is 0 Å². The molecule has 7 heteroatoms. The first-order chi connectivity index (χ1) is 12.2. The minimum absolute atomic E-state index is 0.282. The average molecular weight is 365 g/mol. The Morgan fingerprint density at radius 3 is 2.38 bits per heavy atom. The molecule has 0 unspecified atom stereocenters. The van der Waals surface area contributed by atoms with E-state index in [0.717, 1.165) is 17.7 Å². The summed E-state index contributed by atoms with van der Waals surface area (Å²) >= 11 is 0. The molecule has 2 aromatic carbocycles.